The second-order valence-electron chi connectivity index (χ2n) is 3.70. The normalized spacial score (nSPS) is 13.1. The average molecular weight is 194 g/mol. The fourth-order valence-corrected chi connectivity index (χ4v) is 1.38. The highest BCUT2D eigenvalue weighted by Gasteiger charge is 2.10. The van der Waals surface area contributed by atoms with Crippen molar-refractivity contribution in [2.45, 2.75) is 38.8 Å². The monoisotopic (exact) mass is 194 g/mol. The van der Waals surface area contributed by atoms with Crippen molar-refractivity contribution in [1.82, 2.24) is 14.8 Å². The van der Waals surface area contributed by atoms with Gasteiger partial charge in [-0.2, -0.15) is 5.10 Å². The van der Waals surface area contributed by atoms with Crippen LogP contribution in [0.3, 0.4) is 0 Å². The highest BCUT2D eigenvalue weighted by molar-refractivity contribution is 4.92. The summed E-state index contributed by atoms with van der Waals surface area (Å²) in [5.74, 6) is 0.953. The van der Waals surface area contributed by atoms with Crippen LogP contribution in [-0.2, 0) is 6.42 Å². The van der Waals surface area contributed by atoms with Gasteiger partial charge in [-0.3, -0.25) is 0 Å². The summed E-state index contributed by atoms with van der Waals surface area (Å²) < 4.78 is 1.91. The van der Waals surface area contributed by atoms with Crippen molar-refractivity contribution in [1.29, 1.82) is 0 Å². The molecule has 0 aromatic carbocycles. The zero-order valence-corrected chi connectivity index (χ0v) is 8.85. The topological polar surface area (TPSA) is 56.7 Å². The van der Waals surface area contributed by atoms with Crippen LogP contribution in [0, 0.1) is 0 Å². The molecule has 1 heterocycles. The van der Waals surface area contributed by atoms with E-state index in [-0.39, 0.29) is 6.04 Å². The van der Waals surface area contributed by atoms with Gasteiger partial charge in [-0.1, -0.05) is 6.08 Å². The molecular weight excluding hydrogens is 176 g/mol. The van der Waals surface area contributed by atoms with Crippen molar-refractivity contribution in [3.05, 3.63) is 24.8 Å². The molecule has 0 fully saturated rings. The molecule has 0 aliphatic rings. The molecule has 0 bridgehead atoms. The van der Waals surface area contributed by atoms with E-state index >= 15 is 0 Å². The van der Waals surface area contributed by atoms with Crippen LogP contribution < -0.4 is 5.73 Å². The molecular formula is C10H18N4. The minimum atomic E-state index is 0.0919. The fraction of sp³-hybridized carbons (Fsp3) is 0.600. The predicted octanol–water partition coefficient (Wildman–Crippen LogP) is 1.30. The highest BCUT2D eigenvalue weighted by atomic mass is 15.3. The van der Waals surface area contributed by atoms with Gasteiger partial charge >= 0.3 is 0 Å². The molecule has 14 heavy (non-hydrogen) atoms. The molecule has 4 nitrogen and oxygen atoms in total. The Balaban J connectivity index is 2.66. The standard InChI is InChI=1S/C10H18N4/c1-4-5-9(11)6-10-12-7-13-14(10)8(2)3/h4,7-9H,1,5-6,11H2,2-3H3. The minimum absolute atomic E-state index is 0.0919. The van der Waals surface area contributed by atoms with Gasteiger partial charge in [-0.05, 0) is 20.3 Å². The van der Waals surface area contributed by atoms with Gasteiger partial charge in [0, 0.05) is 18.5 Å². The van der Waals surface area contributed by atoms with E-state index in [0.29, 0.717) is 6.04 Å². The average Bonchev–Trinajstić information content (AvgIpc) is 2.52. The molecule has 1 aromatic heterocycles. The molecule has 0 radical (unpaired) electrons. The Labute approximate surface area is 84.8 Å². The largest absolute Gasteiger partial charge is 0.327 e. The van der Waals surface area contributed by atoms with Gasteiger partial charge in [0.15, 0.2) is 0 Å². The summed E-state index contributed by atoms with van der Waals surface area (Å²) in [6, 6.07) is 0.428. The zero-order valence-electron chi connectivity index (χ0n) is 8.85. The van der Waals surface area contributed by atoms with E-state index < -0.39 is 0 Å². The first-order valence-corrected chi connectivity index (χ1v) is 4.90. The number of rotatable bonds is 5. The van der Waals surface area contributed by atoms with Crippen LogP contribution in [0.25, 0.3) is 0 Å². The first kappa shape index (κ1) is 10.9. The maximum Gasteiger partial charge on any atom is 0.138 e. The summed E-state index contributed by atoms with van der Waals surface area (Å²) in [7, 11) is 0. The van der Waals surface area contributed by atoms with Crippen molar-refractivity contribution in [3.8, 4) is 0 Å². The van der Waals surface area contributed by atoms with Crippen molar-refractivity contribution < 1.29 is 0 Å². The Hall–Kier alpha value is -1.16. The van der Waals surface area contributed by atoms with Gasteiger partial charge in [0.2, 0.25) is 0 Å². The summed E-state index contributed by atoms with van der Waals surface area (Å²) in [4.78, 5) is 4.20. The Kier molecular flexibility index (Phi) is 3.83. The smallest absolute Gasteiger partial charge is 0.138 e. The first-order valence-electron chi connectivity index (χ1n) is 4.90. The Morgan fingerprint density at radius 3 is 2.93 bits per heavy atom. The Bertz CT molecular complexity index is 290. The highest BCUT2D eigenvalue weighted by Crippen LogP contribution is 2.07. The lowest BCUT2D eigenvalue weighted by molar-refractivity contribution is 0.491. The van der Waals surface area contributed by atoms with Crippen LogP contribution in [0.5, 0.6) is 0 Å². The molecule has 1 atom stereocenters. The molecule has 0 spiro atoms. The number of aromatic nitrogens is 3. The molecule has 1 rings (SSSR count). The van der Waals surface area contributed by atoms with E-state index in [1.54, 1.807) is 6.33 Å². The summed E-state index contributed by atoms with van der Waals surface area (Å²) >= 11 is 0. The number of hydrogen-bond donors (Lipinski definition) is 1. The third-order valence-corrected chi connectivity index (χ3v) is 2.05. The second kappa shape index (κ2) is 4.91. The van der Waals surface area contributed by atoms with Crippen LogP contribution in [0.4, 0.5) is 0 Å². The molecule has 0 aliphatic carbocycles. The van der Waals surface area contributed by atoms with Gasteiger partial charge in [0.1, 0.15) is 12.2 Å². The lowest BCUT2D eigenvalue weighted by Crippen LogP contribution is -2.24. The van der Waals surface area contributed by atoms with E-state index in [9.17, 15) is 0 Å². The van der Waals surface area contributed by atoms with Gasteiger partial charge in [-0.15, -0.1) is 6.58 Å². The van der Waals surface area contributed by atoms with Crippen LogP contribution in [0.1, 0.15) is 32.1 Å². The van der Waals surface area contributed by atoms with Crippen molar-refractivity contribution >= 4 is 0 Å². The van der Waals surface area contributed by atoms with Crippen molar-refractivity contribution in [2.75, 3.05) is 0 Å². The minimum Gasteiger partial charge on any atom is -0.327 e. The van der Waals surface area contributed by atoms with E-state index in [2.05, 4.69) is 30.5 Å². The van der Waals surface area contributed by atoms with E-state index in [4.69, 9.17) is 5.73 Å². The molecule has 78 valence electrons. The van der Waals surface area contributed by atoms with E-state index in [1.165, 1.54) is 0 Å². The first-order chi connectivity index (χ1) is 6.65. The van der Waals surface area contributed by atoms with E-state index in [1.807, 2.05) is 10.8 Å². The lowest BCUT2D eigenvalue weighted by atomic mass is 10.1. The fourth-order valence-electron chi connectivity index (χ4n) is 1.38. The molecule has 0 saturated heterocycles. The van der Waals surface area contributed by atoms with Crippen LogP contribution in [0.2, 0.25) is 0 Å². The van der Waals surface area contributed by atoms with Gasteiger partial charge in [0.05, 0.1) is 0 Å². The molecule has 1 aromatic rings. The van der Waals surface area contributed by atoms with Crippen molar-refractivity contribution in [3.63, 3.8) is 0 Å². The summed E-state index contributed by atoms with van der Waals surface area (Å²) in [6.07, 6.45) is 4.98. The maximum atomic E-state index is 5.89. The molecule has 0 aliphatic heterocycles. The van der Waals surface area contributed by atoms with Crippen molar-refractivity contribution in [2.24, 2.45) is 5.73 Å². The molecule has 4 heteroatoms. The third kappa shape index (κ3) is 2.67. The predicted molar refractivity (Wildman–Crippen MR) is 56.9 cm³/mol. The van der Waals surface area contributed by atoms with Gasteiger partial charge in [0.25, 0.3) is 0 Å². The Morgan fingerprint density at radius 2 is 2.36 bits per heavy atom. The molecule has 2 N–H and O–H groups in total. The number of hydrogen-bond acceptors (Lipinski definition) is 3. The number of nitrogens with two attached hydrogens (primary N) is 1. The quantitative estimate of drug-likeness (QED) is 0.719. The zero-order chi connectivity index (χ0) is 10.6. The second-order valence-corrected chi connectivity index (χ2v) is 3.70. The molecule has 0 amide bonds. The SMILES string of the molecule is C=CCC(N)Cc1ncnn1C(C)C. The van der Waals surface area contributed by atoms with Crippen LogP contribution in [0.15, 0.2) is 19.0 Å². The Morgan fingerprint density at radius 1 is 1.64 bits per heavy atom. The van der Waals surface area contributed by atoms with Crippen LogP contribution >= 0.6 is 0 Å². The van der Waals surface area contributed by atoms with Crippen LogP contribution in [-0.4, -0.2) is 20.8 Å². The summed E-state index contributed by atoms with van der Waals surface area (Å²) in [5.41, 5.74) is 5.89. The third-order valence-electron chi connectivity index (χ3n) is 2.05. The number of nitrogens with zero attached hydrogens (tertiary/aromatic N) is 3. The molecule has 1 unspecified atom stereocenters. The van der Waals surface area contributed by atoms with Gasteiger partial charge < -0.3 is 5.73 Å². The lowest BCUT2D eigenvalue weighted by Gasteiger charge is -2.12. The summed E-state index contributed by atoms with van der Waals surface area (Å²) in [6.45, 7) is 7.83. The summed E-state index contributed by atoms with van der Waals surface area (Å²) in [5, 5.41) is 4.15. The maximum absolute atomic E-state index is 5.89. The van der Waals surface area contributed by atoms with E-state index in [0.717, 1.165) is 18.7 Å². The van der Waals surface area contributed by atoms with Gasteiger partial charge in [-0.25, -0.2) is 9.67 Å². The molecule has 0 saturated carbocycles.